The lowest BCUT2D eigenvalue weighted by molar-refractivity contribution is -0.141. The maximum atomic E-state index is 13.2. The Morgan fingerprint density at radius 1 is 1.03 bits per heavy atom. The van der Waals surface area contributed by atoms with Gasteiger partial charge in [0.05, 0.1) is 17.7 Å². The Labute approximate surface area is 189 Å². The van der Waals surface area contributed by atoms with Gasteiger partial charge in [-0.25, -0.2) is 0 Å². The molecule has 1 saturated carbocycles. The predicted molar refractivity (Wildman–Crippen MR) is 125 cm³/mol. The average Bonchev–Trinajstić information content (AvgIpc) is 3.36. The van der Waals surface area contributed by atoms with Gasteiger partial charge in [0.1, 0.15) is 11.5 Å². The number of ketones is 1. The normalized spacial score (nSPS) is 21.0. The Kier molecular flexibility index (Phi) is 6.09. The lowest BCUT2D eigenvalue weighted by Crippen LogP contribution is -2.37. The van der Waals surface area contributed by atoms with Crippen molar-refractivity contribution in [3.63, 3.8) is 0 Å². The van der Waals surface area contributed by atoms with Crippen LogP contribution in [0.4, 0.5) is 0 Å². The number of aliphatic hydroxyl groups excluding tert-OH is 1. The van der Waals surface area contributed by atoms with Gasteiger partial charge in [0, 0.05) is 11.6 Å². The summed E-state index contributed by atoms with van der Waals surface area (Å²) in [5.41, 5.74) is 3.43. The van der Waals surface area contributed by atoms with Crippen LogP contribution >= 0.6 is 0 Å². The van der Waals surface area contributed by atoms with E-state index in [1.165, 1.54) is 0 Å². The van der Waals surface area contributed by atoms with E-state index in [-0.39, 0.29) is 23.5 Å². The van der Waals surface area contributed by atoms with Crippen molar-refractivity contribution >= 4 is 17.4 Å². The Bertz CT molecular complexity index is 1080. The number of amides is 1. The van der Waals surface area contributed by atoms with E-state index in [2.05, 4.69) is 0 Å². The summed E-state index contributed by atoms with van der Waals surface area (Å²) in [5.74, 6) is -0.513. The van der Waals surface area contributed by atoms with Crippen LogP contribution in [-0.4, -0.2) is 33.8 Å². The van der Waals surface area contributed by atoms with Crippen molar-refractivity contribution in [2.75, 3.05) is 0 Å². The second-order valence-corrected chi connectivity index (χ2v) is 9.15. The minimum atomic E-state index is -0.609. The fourth-order valence-electron chi connectivity index (χ4n) is 4.95. The Morgan fingerprint density at radius 2 is 1.72 bits per heavy atom. The van der Waals surface area contributed by atoms with E-state index in [1.807, 2.05) is 58.0 Å². The van der Waals surface area contributed by atoms with E-state index in [9.17, 15) is 14.7 Å². The number of likely N-dealkylation sites (tertiary alicyclic amines) is 1. The van der Waals surface area contributed by atoms with Crippen LogP contribution in [0.2, 0.25) is 0 Å². The van der Waals surface area contributed by atoms with E-state index < -0.39 is 17.7 Å². The Hall–Kier alpha value is -3.08. The summed E-state index contributed by atoms with van der Waals surface area (Å²) in [6.45, 7) is 7.80. The minimum absolute atomic E-state index is 0.0184. The van der Waals surface area contributed by atoms with Gasteiger partial charge in [-0.3, -0.25) is 9.59 Å². The van der Waals surface area contributed by atoms with Gasteiger partial charge in [0.2, 0.25) is 0 Å². The highest BCUT2D eigenvalue weighted by Crippen LogP contribution is 2.44. The molecule has 5 nitrogen and oxygen atoms in total. The molecule has 1 heterocycles. The summed E-state index contributed by atoms with van der Waals surface area (Å²) in [6, 6.07) is 12.6. The Morgan fingerprint density at radius 3 is 2.34 bits per heavy atom. The van der Waals surface area contributed by atoms with Crippen LogP contribution in [0.5, 0.6) is 5.75 Å². The topological polar surface area (TPSA) is 66.8 Å². The number of aryl methyl sites for hydroxylation is 2. The number of Topliss-reactive ketones (excluding diaryl/α,β-unsaturated/α-hetero) is 1. The molecule has 5 heteroatoms. The molecule has 1 atom stereocenters. The van der Waals surface area contributed by atoms with Crippen LogP contribution in [0.15, 0.2) is 48.0 Å². The number of carbonyl (C=O) groups excluding carboxylic acids is 2. The predicted octanol–water partition coefficient (Wildman–Crippen LogP) is 5.45. The zero-order valence-corrected chi connectivity index (χ0v) is 19.2. The molecule has 1 aliphatic carbocycles. The quantitative estimate of drug-likeness (QED) is 0.387. The average molecular weight is 434 g/mol. The number of aliphatic hydroxyl groups is 1. The maximum absolute atomic E-state index is 13.2. The number of ether oxygens (including phenoxy) is 1. The van der Waals surface area contributed by atoms with Crippen molar-refractivity contribution in [2.24, 2.45) is 0 Å². The number of carbonyl (C=O) groups is 2. The summed E-state index contributed by atoms with van der Waals surface area (Å²) in [5, 5.41) is 11.3. The van der Waals surface area contributed by atoms with Gasteiger partial charge in [-0.2, -0.15) is 0 Å². The van der Waals surface area contributed by atoms with E-state index in [4.69, 9.17) is 4.74 Å². The molecule has 2 aromatic carbocycles. The molecule has 0 bridgehead atoms. The van der Waals surface area contributed by atoms with Crippen LogP contribution in [0.1, 0.15) is 67.8 Å². The number of benzene rings is 2. The largest absolute Gasteiger partial charge is 0.507 e. The van der Waals surface area contributed by atoms with Crippen LogP contribution in [-0.2, 0) is 9.59 Å². The standard InChI is InChI=1S/C27H31NO4/c1-16(2)32-22-14-13-19(15-18(22)4)25(29)23-24(21-12-8-5-9-17(21)3)28(27(31)26(23)30)20-10-6-7-11-20/h5,8-9,12-16,20,24,29H,6-7,10-11H2,1-4H3/b25-23+. The molecule has 2 fully saturated rings. The monoisotopic (exact) mass is 433 g/mol. The molecule has 1 N–H and O–H groups in total. The van der Waals surface area contributed by atoms with Gasteiger partial charge in [0.25, 0.3) is 11.7 Å². The van der Waals surface area contributed by atoms with Gasteiger partial charge in [0.15, 0.2) is 0 Å². The first-order chi connectivity index (χ1) is 15.3. The first-order valence-corrected chi connectivity index (χ1v) is 11.4. The first kappa shape index (κ1) is 22.1. The molecule has 2 aliphatic rings. The van der Waals surface area contributed by atoms with Crippen LogP contribution < -0.4 is 4.74 Å². The minimum Gasteiger partial charge on any atom is -0.507 e. The van der Waals surface area contributed by atoms with E-state index in [1.54, 1.807) is 17.0 Å². The van der Waals surface area contributed by atoms with E-state index >= 15 is 0 Å². The van der Waals surface area contributed by atoms with Crippen LogP contribution in [0, 0.1) is 13.8 Å². The van der Waals surface area contributed by atoms with Gasteiger partial charge < -0.3 is 14.7 Å². The molecule has 0 spiro atoms. The van der Waals surface area contributed by atoms with Gasteiger partial charge in [-0.05, 0) is 75.4 Å². The lowest BCUT2D eigenvalue weighted by Gasteiger charge is -2.31. The molecule has 4 rings (SSSR count). The lowest BCUT2D eigenvalue weighted by atomic mass is 9.91. The number of hydrogen-bond donors (Lipinski definition) is 1. The second kappa shape index (κ2) is 8.81. The maximum Gasteiger partial charge on any atom is 0.295 e. The summed E-state index contributed by atoms with van der Waals surface area (Å²) in [4.78, 5) is 28.2. The van der Waals surface area contributed by atoms with E-state index in [0.717, 1.165) is 48.1 Å². The van der Waals surface area contributed by atoms with E-state index in [0.29, 0.717) is 5.56 Å². The van der Waals surface area contributed by atoms with Gasteiger partial charge >= 0.3 is 0 Å². The molecule has 1 amide bonds. The third-order valence-corrected chi connectivity index (χ3v) is 6.49. The summed E-state index contributed by atoms with van der Waals surface area (Å²) in [7, 11) is 0. The van der Waals surface area contributed by atoms with Crippen molar-refractivity contribution in [3.8, 4) is 5.75 Å². The molecule has 0 radical (unpaired) electrons. The summed E-state index contributed by atoms with van der Waals surface area (Å²) in [6.07, 6.45) is 3.90. The fourth-order valence-corrected chi connectivity index (χ4v) is 4.95. The Balaban J connectivity index is 1.85. The highest BCUT2D eigenvalue weighted by molar-refractivity contribution is 6.46. The molecule has 1 unspecified atom stereocenters. The van der Waals surface area contributed by atoms with Crippen molar-refractivity contribution in [3.05, 3.63) is 70.3 Å². The third kappa shape index (κ3) is 3.92. The number of hydrogen-bond acceptors (Lipinski definition) is 4. The van der Waals surface area contributed by atoms with Crippen molar-refractivity contribution in [2.45, 2.75) is 71.6 Å². The molecular weight excluding hydrogens is 402 g/mol. The number of rotatable bonds is 5. The molecular formula is C27H31NO4. The zero-order valence-electron chi connectivity index (χ0n) is 19.2. The van der Waals surface area contributed by atoms with Crippen LogP contribution in [0.25, 0.3) is 5.76 Å². The summed E-state index contributed by atoms with van der Waals surface area (Å²) < 4.78 is 5.81. The van der Waals surface area contributed by atoms with Gasteiger partial charge in [-0.1, -0.05) is 37.1 Å². The molecule has 0 aromatic heterocycles. The molecule has 1 aliphatic heterocycles. The highest BCUT2D eigenvalue weighted by Gasteiger charge is 2.49. The molecule has 2 aromatic rings. The molecule has 32 heavy (non-hydrogen) atoms. The first-order valence-electron chi connectivity index (χ1n) is 11.4. The second-order valence-electron chi connectivity index (χ2n) is 9.15. The van der Waals surface area contributed by atoms with Crippen molar-refractivity contribution in [1.82, 2.24) is 4.90 Å². The SMILES string of the molecule is Cc1cc(/C(O)=C2\C(=O)C(=O)N(C3CCCC3)C2c2ccccc2C)ccc1OC(C)C. The smallest absolute Gasteiger partial charge is 0.295 e. The molecule has 1 saturated heterocycles. The number of nitrogens with zero attached hydrogens (tertiary/aromatic N) is 1. The molecule has 168 valence electrons. The third-order valence-electron chi connectivity index (χ3n) is 6.49. The highest BCUT2D eigenvalue weighted by atomic mass is 16.5. The van der Waals surface area contributed by atoms with Crippen molar-refractivity contribution < 1.29 is 19.4 Å². The van der Waals surface area contributed by atoms with Crippen LogP contribution in [0.3, 0.4) is 0 Å². The van der Waals surface area contributed by atoms with Crippen molar-refractivity contribution in [1.29, 1.82) is 0 Å². The van der Waals surface area contributed by atoms with Gasteiger partial charge in [-0.15, -0.1) is 0 Å². The fraction of sp³-hybridized carbons (Fsp3) is 0.407. The summed E-state index contributed by atoms with van der Waals surface area (Å²) >= 11 is 0. The zero-order chi connectivity index (χ0) is 23.0.